The number of carbonyl (C=O) groups is 1. The maximum absolute atomic E-state index is 11.2. The third-order valence-corrected chi connectivity index (χ3v) is 3.98. The summed E-state index contributed by atoms with van der Waals surface area (Å²) in [6, 6.07) is 0. The van der Waals surface area contributed by atoms with Gasteiger partial charge in [-0.2, -0.15) is 0 Å². The molecule has 6 nitrogen and oxygen atoms in total. The van der Waals surface area contributed by atoms with Crippen LogP contribution in [0, 0.1) is 0 Å². The van der Waals surface area contributed by atoms with E-state index in [0.717, 1.165) is 49.7 Å². The average molecular weight is 276 g/mol. The summed E-state index contributed by atoms with van der Waals surface area (Å²) in [5.74, 6) is 1.08. The van der Waals surface area contributed by atoms with E-state index in [1.54, 1.807) is 6.33 Å². The van der Waals surface area contributed by atoms with E-state index in [0.29, 0.717) is 5.92 Å². The zero-order valence-electron chi connectivity index (χ0n) is 11.9. The number of anilines is 1. The fourth-order valence-corrected chi connectivity index (χ4v) is 3.11. The molecule has 2 atom stereocenters. The predicted octanol–water partition coefficient (Wildman–Crippen LogP) is 0.998. The molecule has 1 N–H and O–H groups in total. The highest BCUT2D eigenvalue weighted by Gasteiger charge is 2.36. The first-order valence-electron chi connectivity index (χ1n) is 7.14. The largest absolute Gasteiger partial charge is 0.456 e. The summed E-state index contributed by atoms with van der Waals surface area (Å²) < 4.78 is 5.39. The van der Waals surface area contributed by atoms with Gasteiger partial charge in [-0.1, -0.05) is 6.92 Å². The van der Waals surface area contributed by atoms with Crippen molar-refractivity contribution in [2.24, 2.45) is 0 Å². The second-order valence-corrected chi connectivity index (χ2v) is 5.47. The van der Waals surface area contributed by atoms with Gasteiger partial charge in [0.1, 0.15) is 18.2 Å². The van der Waals surface area contributed by atoms with Crippen molar-refractivity contribution in [2.45, 2.75) is 32.3 Å². The minimum absolute atomic E-state index is 0.220. The minimum atomic E-state index is -0.252. The number of nitrogens with one attached hydrogen (secondary N) is 1. The van der Waals surface area contributed by atoms with Crippen LogP contribution in [0.5, 0.6) is 0 Å². The summed E-state index contributed by atoms with van der Waals surface area (Å²) in [6.45, 7) is 7.45. The van der Waals surface area contributed by atoms with E-state index < -0.39 is 0 Å². The SMILES string of the molecule is CC(=O)OC1C[C@@H](C)c2c1ncnc2N1CCNCC1. The van der Waals surface area contributed by atoms with Crippen molar-refractivity contribution in [3.63, 3.8) is 0 Å². The van der Waals surface area contributed by atoms with Crippen LogP contribution in [0.2, 0.25) is 0 Å². The number of ether oxygens (including phenoxy) is 1. The van der Waals surface area contributed by atoms with E-state index in [1.165, 1.54) is 6.92 Å². The van der Waals surface area contributed by atoms with Crippen molar-refractivity contribution in [3.05, 3.63) is 17.6 Å². The van der Waals surface area contributed by atoms with E-state index in [4.69, 9.17) is 4.74 Å². The Morgan fingerprint density at radius 1 is 1.40 bits per heavy atom. The number of nitrogens with zero attached hydrogens (tertiary/aromatic N) is 3. The molecule has 20 heavy (non-hydrogen) atoms. The van der Waals surface area contributed by atoms with Gasteiger partial charge in [0.15, 0.2) is 0 Å². The van der Waals surface area contributed by atoms with Crippen molar-refractivity contribution >= 4 is 11.8 Å². The minimum Gasteiger partial charge on any atom is -0.456 e. The summed E-state index contributed by atoms with van der Waals surface area (Å²) in [5, 5.41) is 3.34. The Kier molecular flexibility index (Phi) is 3.56. The Balaban J connectivity index is 1.94. The van der Waals surface area contributed by atoms with Gasteiger partial charge in [0.2, 0.25) is 0 Å². The predicted molar refractivity (Wildman–Crippen MR) is 74.7 cm³/mol. The van der Waals surface area contributed by atoms with Gasteiger partial charge in [-0.25, -0.2) is 9.97 Å². The molecule has 1 aromatic rings. The Morgan fingerprint density at radius 2 is 2.15 bits per heavy atom. The molecule has 1 fully saturated rings. The molecule has 2 heterocycles. The highest BCUT2D eigenvalue weighted by Crippen LogP contribution is 2.44. The summed E-state index contributed by atoms with van der Waals surface area (Å²) in [5.41, 5.74) is 2.04. The van der Waals surface area contributed by atoms with Crippen molar-refractivity contribution in [1.82, 2.24) is 15.3 Å². The van der Waals surface area contributed by atoms with Crippen LogP contribution in [0.3, 0.4) is 0 Å². The molecule has 1 saturated heterocycles. The molecule has 1 aliphatic heterocycles. The highest BCUT2D eigenvalue weighted by atomic mass is 16.5. The molecule has 3 rings (SSSR count). The Morgan fingerprint density at radius 3 is 2.85 bits per heavy atom. The van der Waals surface area contributed by atoms with Crippen LogP contribution in [-0.2, 0) is 9.53 Å². The first-order valence-corrected chi connectivity index (χ1v) is 7.14. The quantitative estimate of drug-likeness (QED) is 0.813. The van der Waals surface area contributed by atoms with Gasteiger partial charge in [-0.3, -0.25) is 4.79 Å². The fourth-order valence-electron chi connectivity index (χ4n) is 3.11. The number of hydrogen-bond acceptors (Lipinski definition) is 6. The Hall–Kier alpha value is -1.69. The zero-order chi connectivity index (χ0) is 14.1. The van der Waals surface area contributed by atoms with Gasteiger partial charge >= 0.3 is 5.97 Å². The van der Waals surface area contributed by atoms with Crippen LogP contribution in [0.4, 0.5) is 5.82 Å². The van der Waals surface area contributed by atoms with Crippen molar-refractivity contribution in [1.29, 1.82) is 0 Å². The normalized spacial score (nSPS) is 25.4. The number of piperazine rings is 1. The molecule has 0 aromatic carbocycles. The van der Waals surface area contributed by atoms with Gasteiger partial charge in [0, 0.05) is 38.7 Å². The van der Waals surface area contributed by atoms with Crippen molar-refractivity contribution in [3.8, 4) is 0 Å². The molecule has 0 radical (unpaired) electrons. The first kappa shape index (κ1) is 13.3. The first-order chi connectivity index (χ1) is 9.66. The third-order valence-electron chi connectivity index (χ3n) is 3.98. The van der Waals surface area contributed by atoms with Crippen LogP contribution in [0.25, 0.3) is 0 Å². The highest BCUT2D eigenvalue weighted by molar-refractivity contribution is 5.67. The molecule has 6 heteroatoms. The van der Waals surface area contributed by atoms with Crippen molar-refractivity contribution in [2.75, 3.05) is 31.1 Å². The summed E-state index contributed by atoms with van der Waals surface area (Å²) in [4.78, 5) is 22.4. The molecule has 1 aromatic heterocycles. The third kappa shape index (κ3) is 2.35. The Labute approximate surface area is 118 Å². The van der Waals surface area contributed by atoms with Crippen LogP contribution < -0.4 is 10.2 Å². The van der Waals surface area contributed by atoms with E-state index in [2.05, 4.69) is 27.1 Å². The smallest absolute Gasteiger partial charge is 0.303 e. The molecule has 0 spiro atoms. The molecule has 108 valence electrons. The van der Waals surface area contributed by atoms with Gasteiger partial charge in [0.25, 0.3) is 0 Å². The number of hydrogen-bond donors (Lipinski definition) is 1. The van der Waals surface area contributed by atoms with E-state index >= 15 is 0 Å². The van der Waals surface area contributed by atoms with Gasteiger partial charge in [-0.15, -0.1) is 0 Å². The lowest BCUT2D eigenvalue weighted by Crippen LogP contribution is -2.44. The standard InChI is InChI=1S/C14H20N4O2/c1-9-7-11(20-10(2)19)13-12(9)14(17-8-16-13)18-5-3-15-4-6-18/h8-9,11,15H,3-7H2,1-2H3/t9-,11?/m1/s1. The van der Waals surface area contributed by atoms with E-state index in [1.807, 2.05) is 0 Å². The summed E-state index contributed by atoms with van der Waals surface area (Å²) in [6.07, 6.45) is 2.17. The summed E-state index contributed by atoms with van der Waals surface area (Å²) >= 11 is 0. The van der Waals surface area contributed by atoms with Gasteiger partial charge in [0.05, 0.1) is 5.69 Å². The maximum atomic E-state index is 11.2. The maximum Gasteiger partial charge on any atom is 0.303 e. The van der Waals surface area contributed by atoms with Crippen LogP contribution in [0.1, 0.15) is 43.5 Å². The number of carbonyl (C=O) groups excluding carboxylic acids is 1. The second kappa shape index (κ2) is 5.36. The van der Waals surface area contributed by atoms with Crippen LogP contribution in [-0.4, -0.2) is 42.1 Å². The summed E-state index contributed by atoms with van der Waals surface area (Å²) in [7, 11) is 0. The molecule has 0 amide bonds. The molecule has 1 unspecified atom stereocenters. The molecule has 0 saturated carbocycles. The molecular formula is C14H20N4O2. The van der Waals surface area contributed by atoms with E-state index in [9.17, 15) is 4.79 Å². The molecule has 1 aliphatic carbocycles. The number of aromatic nitrogens is 2. The topological polar surface area (TPSA) is 67.3 Å². The van der Waals surface area contributed by atoms with Crippen LogP contribution >= 0.6 is 0 Å². The molecular weight excluding hydrogens is 256 g/mol. The van der Waals surface area contributed by atoms with Gasteiger partial charge in [-0.05, 0) is 12.3 Å². The molecule has 0 bridgehead atoms. The molecule has 2 aliphatic rings. The lowest BCUT2D eigenvalue weighted by atomic mass is 10.1. The van der Waals surface area contributed by atoms with E-state index in [-0.39, 0.29) is 12.1 Å². The second-order valence-electron chi connectivity index (χ2n) is 5.47. The fraction of sp³-hybridized carbons (Fsp3) is 0.643. The number of fused-ring (bicyclic) bond motifs is 1. The lowest BCUT2D eigenvalue weighted by Gasteiger charge is -2.30. The van der Waals surface area contributed by atoms with Gasteiger partial charge < -0.3 is 15.0 Å². The van der Waals surface area contributed by atoms with Crippen LogP contribution in [0.15, 0.2) is 6.33 Å². The Bertz CT molecular complexity index is 514. The monoisotopic (exact) mass is 276 g/mol. The number of rotatable bonds is 2. The number of esters is 1. The average Bonchev–Trinajstić information content (AvgIpc) is 2.76. The zero-order valence-corrected chi connectivity index (χ0v) is 11.9. The van der Waals surface area contributed by atoms with Crippen molar-refractivity contribution < 1.29 is 9.53 Å². The lowest BCUT2D eigenvalue weighted by molar-refractivity contribution is -0.146.